The van der Waals surface area contributed by atoms with Crippen LogP contribution in [-0.2, 0) is 13.6 Å². The average Bonchev–Trinajstić information content (AvgIpc) is 3.43. The van der Waals surface area contributed by atoms with Gasteiger partial charge < -0.3 is 15.2 Å². The molecule has 1 aliphatic heterocycles. The van der Waals surface area contributed by atoms with Crippen molar-refractivity contribution in [2.24, 2.45) is 12.0 Å². The lowest BCUT2D eigenvalue weighted by Gasteiger charge is -2.37. The summed E-state index contributed by atoms with van der Waals surface area (Å²) in [5.41, 5.74) is 1.40. The van der Waals surface area contributed by atoms with E-state index in [1.807, 2.05) is 18.5 Å². The summed E-state index contributed by atoms with van der Waals surface area (Å²) in [6, 6.07) is 12.3. The van der Waals surface area contributed by atoms with Crippen molar-refractivity contribution in [3.05, 3.63) is 47.5 Å². The maximum absolute atomic E-state index is 4.88. The van der Waals surface area contributed by atoms with Crippen molar-refractivity contribution in [1.82, 2.24) is 30.3 Å². The predicted molar refractivity (Wildman–Crippen MR) is 125 cm³/mol. The van der Waals surface area contributed by atoms with Gasteiger partial charge >= 0.3 is 0 Å². The van der Waals surface area contributed by atoms with Crippen LogP contribution in [0.3, 0.4) is 0 Å². The number of hydrogen-bond donors (Lipinski definition) is 2. The standard InChI is InChI=1S/C24H37N7/c1-18(20-9-5-4-6-10-20)31-15-13-22(14-16-31)27-24(26-21-11-7-8-12-21)25-17-23-29-28-19(2)30(23)3/h4-6,9-10,18,21-22H,7-8,11-17H2,1-3H3,(H2,25,26,27). The molecule has 2 N–H and O–H groups in total. The van der Waals surface area contributed by atoms with Crippen molar-refractivity contribution in [2.75, 3.05) is 13.1 Å². The van der Waals surface area contributed by atoms with Gasteiger partial charge in [0.1, 0.15) is 12.4 Å². The van der Waals surface area contributed by atoms with Crippen LogP contribution in [0.15, 0.2) is 35.3 Å². The number of aliphatic imine (C=N–C) groups is 1. The molecule has 2 fully saturated rings. The summed E-state index contributed by atoms with van der Waals surface area (Å²) in [5, 5.41) is 15.8. The summed E-state index contributed by atoms with van der Waals surface area (Å²) in [7, 11) is 2.00. The lowest BCUT2D eigenvalue weighted by atomic mass is 10.0. The van der Waals surface area contributed by atoms with Crippen LogP contribution in [0.2, 0.25) is 0 Å². The van der Waals surface area contributed by atoms with E-state index in [-0.39, 0.29) is 0 Å². The van der Waals surface area contributed by atoms with Gasteiger partial charge in [0.05, 0.1) is 0 Å². The van der Waals surface area contributed by atoms with Crippen LogP contribution >= 0.6 is 0 Å². The molecule has 0 radical (unpaired) electrons. The highest BCUT2D eigenvalue weighted by Gasteiger charge is 2.25. The van der Waals surface area contributed by atoms with E-state index >= 15 is 0 Å². The Morgan fingerprint density at radius 1 is 1.03 bits per heavy atom. The molecule has 7 nitrogen and oxygen atoms in total. The van der Waals surface area contributed by atoms with Crippen molar-refractivity contribution in [1.29, 1.82) is 0 Å². The van der Waals surface area contributed by atoms with Gasteiger partial charge in [0, 0.05) is 38.3 Å². The van der Waals surface area contributed by atoms with E-state index in [1.54, 1.807) is 0 Å². The molecule has 0 amide bonds. The second-order valence-electron chi connectivity index (χ2n) is 9.05. The maximum Gasteiger partial charge on any atom is 0.192 e. The minimum atomic E-state index is 0.452. The van der Waals surface area contributed by atoms with Gasteiger partial charge in [0.15, 0.2) is 11.8 Å². The smallest absolute Gasteiger partial charge is 0.192 e. The van der Waals surface area contributed by atoms with E-state index in [4.69, 9.17) is 4.99 Å². The number of rotatable bonds is 6. The van der Waals surface area contributed by atoms with E-state index in [2.05, 4.69) is 63.0 Å². The summed E-state index contributed by atoms with van der Waals surface area (Å²) < 4.78 is 2.01. The zero-order valence-corrected chi connectivity index (χ0v) is 19.2. The van der Waals surface area contributed by atoms with Crippen LogP contribution in [0, 0.1) is 6.92 Å². The van der Waals surface area contributed by atoms with Crippen molar-refractivity contribution in [2.45, 2.75) is 77.0 Å². The molecule has 7 heteroatoms. The first-order valence-electron chi connectivity index (χ1n) is 11.8. The first-order valence-corrected chi connectivity index (χ1v) is 11.8. The third-order valence-corrected chi connectivity index (χ3v) is 6.96. The number of piperidine rings is 1. The number of aryl methyl sites for hydroxylation is 1. The van der Waals surface area contributed by atoms with E-state index in [9.17, 15) is 0 Å². The monoisotopic (exact) mass is 423 g/mol. The number of benzene rings is 1. The highest BCUT2D eigenvalue weighted by atomic mass is 15.3. The first kappa shape index (κ1) is 21.8. The molecule has 0 spiro atoms. The lowest BCUT2D eigenvalue weighted by molar-refractivity contribution is 0.158. The molecule has 168 valence electrons. The molecule has 2 heterocycles. The number of aromatic nitrogens is 3. The van der Waals surface area contributed by atoms with E-state index < -0.39 is 0 Å². The Morgan fingerprint density at radius 2 is 1.68 bits per heavy atom. The van der Waals surface area contributed by atoms with E-state index in [1.165, 1.54) is 31.2 Å². The minimum Gasteiger partial charge on any atom is -0.354 e. The Balaban J connectivity index is 1.35. The third-order valence-electron chi connectivity index (χ3n) is 6.96. The summed E-state index contributed by atoms with van der Waals surface area (Å²) in [6.45, 7) is 7.05. The number of guanidine groups is 1. The fraction of sp³-hybridized carbons (Fsp3) is 0.625. The van der Waals surface area contributed by atoms with Gasteiger partial charge in [-0.05, 0) is 45.1 Å². The van der Waals surface area contributed by atoms with Gasteiger partial charge in [-0.2, -0.15) is 0 Å². The van der Waals surface area contributed by atoms with Crippen LogP contribution in [0.5, 0.6) is 0 Å². The SMILES string of the molecule is Cc1nnc(CN=C(NC2CCCC2)NC2CCN(C(C)c3ccccc3)CC2)n1C. The van der Waals surface area contributed by atoms with Crippen LogP contribution < -0.4 is 10.6 Å². The minimum absolute atomic E-state index is 0.452. The summed E-state index contributed by atoms with van der Waals surface area (Å²) >= 11 is 0. The molecule has 1 aromatic heterocycles. The third kappa shape index (κ3) is 5.64. The fourth-order valence-electron chi connectivity index (χ4n) is 4.70. The normalized spacial score (nSPS) is 20.2. The van der Waals surface area contributed by atoms with Crippen molar-refractivity contribution >= 4 is 5.96 Å². The zero-order chi connectivity index (χ0) is 21.6. The molecule has 1 saturated heterocycles. The Morgan fingerprint density at radius 3 is 2.29 bits per heavy atom. The summed E-state index contributed by atoms with van der Waals surface area (Å²) in [4.78, 5) is 7.48. The molecule has 1 saturated carbocycles. The molecule has 1 aromatic carbocycles. The van der Waals surface area contributed by atoms with Crippen LogP contribution in [0.25, 0.3) is 0 Å². The second-order valence-corrected chi connectivity index (χ2v) is 9.05. The topological polar surface area (TPSA) is 70.4 Å². The van der Waals surface area contributed by atoms with Crippen molar-refractivity contribution in [3.8, 4) is 0 Å². The highest BCUT2D eigenvalue weighted by molar-refractivity contribution is 5.80. The maximum atomic E-state index is 4.88. The number of nitrogens with one attached hydrogen (secondary N) is 2. The molecule has 1 aliphatic carbocycles. The quantitative estimate of drug-likeness (QED) is 0.551. The largest absolute Gasteiger partial charge is 0.354 e. The Kier molecular flexibility index (Phi) is 7.22. The molecular formula is C24H37N7. The molecule has 2 aliphatic rings. The molecule has 2 aromatic rings. The molecule has 0 bridgehead atoms. The Labute approximate surface area is 186 Å². The van der Waals surface area contributed by atoms with Gasteiger partial charge in [-0.3, -0.25) is 4.90 Å². The van der Waals surface area contributed by atoms with Gasteiger partial charge in [-0.25, -0.2) is 4.99 Å². The predicted octanol–water partition coefficient (Wildman–Crippen LogP) is 3.33. The summed E-state index contributed by atoms with van der Waals surface area (Å²) in [5.74, 6) is 2.75. The van der Waals surface area contributed by atoms with Crippen LogP contribution in [0.4, 0.5) is 0 Å². The van der Waals surface area contributed by atoms with Gasteiger partial charge in [0.2, 0.25) is 0 Å². The van der Waals surface area contributed by atoms with E-state index in [0.29, 0.717) is 24.7 Å². The Hall–Kier alpha value is -2.41. The lowest BCUT2D eigenvalue weighted by Crippen LogP contribution is -2.50. The van der Waals surface area contributed by atoms with Gasteiger partial charge in [0.25, 0.3) is 0 Å². The highest BCUT2D eigenvalue weighted by Crippen LogP contribution is 2.24. The van der Waals surface area contributed by atoms with Crippen molar-refractivity contribution < 1.29 is 0 Å². The average molecular weight is 424 g/mol. The van der Waals surface area contributed by atoms with Crippen LogP contribution in [-0.4, -0.2) is 50.8 Å². The van der Waals surface area contributed by atoms with Crippen LogP contribution in [0.1, 0.15) is 68.7 Å². The molecule has 31 heavy (non-hydrogen) atoms. The second kappa shape index (κ2) is 10.3. The number of hydrogen-bond acceptors (Lipinski definition) is 4. The number of nitrogens with zero attached hydrogens (tertiary/aromatic N) is 5. The van der Waals surface area contributed by atoms with Crippen molar-refractivity contribution in [3.63, 3.8) is 0 Å². The summed E-state index contributed by atoms with van der Waals surface area (Å²) in [6.07, 6.45) is 7.34. The zero-order valence-electron chi connectivity index (χ0n) is 19.2. The van der Waals surface area contributed by atoms with Gasteiger partial charge in [-0.1, -0.05) is 43.2 Å². The molecular weight excluding hydrogens is 386 g/mol. The Bertz CT molecular complexity index is 846. The molecule has 1 unspecified atom stereocenters. The first-order chi connectivity index (χ1) is 15.1. The number of likely N-dealkylation sites (tertiary alicyclic amines) is 1. The molecule has 4 rings (SSSR count). The fourth-order valence-corrected chi connectivity index (χ4v) is 4.70. The molecule has 1 atom stereocenters. The van der Waals surface area contributed by atoms with E-state index in [0.717, 1.165) is 43.5 Å². The van der Waals surface area contributed by atoms with Gasteiger partial charge in [-0.15, -0.1) is 10.2 Å².